The maximum absolute atomic E-state index is 11.6. The van der Waals surface area contributed by atoms with E-state index < -0.39 is 11.4 Å². The fraction of sp³-hybridized carbons (Fsp3) is 0.700. The summed E-state index contributed by atoms with van der Waals surface area (Å²) in [5, 5.41) is 0. The summed E-state index contributed by atoms with van der Waals surface area (Å²) in [5.74, 6) is -1.05. The number of carbonyl (C=O) groups is 1. The van der Waals surface area contributed by atoms with Crippen molar-refractivity contribution in [1.82, 2.24) is 0 Å². The largest absolute Gasteiger partial charge is 0.455 e. The summed E-state index contributed by atoms with van der Waals surface area (Å²) < 4.78 is 16.5. The van der Waals surface area contributed by atoms with Crippen LogP contribution in [0.2, 0.25) is 0 Å². The first-order chi connectivity index (χ1) is 6.96. The molecule has 3 rings (SSSR count). The highest BCUT2D eigenvalue weighted by Crippen LogP contribution is 2.51. The van der Waals surface area contributed by atoms with Gasteiger partial charge in [-0.3, -0.25) is 0 Å². The predicted octanol–water partition coefficient (Wildman–Crippen LogP) is 1.14. The Hall–Kier alpha value is -0.390. The van der Waals surface area contributed by atoms with Crippen LogP contribution in [0.5, 0.6) is 0 Å². The van der Waals surface area contributed by atoms with Gasteiger partial charge in [-0.2, -0.15) is 0 Å². The van der Waals surface area contributed by atoms with Gasteiger partial charge in [0.15, 0.2) is 11.9 Å². The second kappa shape index (κ2) is 2.64. The van der Waals surface area contributed by atoms with E-state index >= 15 is 0 Å². The lowest BCUT2D eigenvalue weighted by Crippen LogP contribution is -2.71. The van der Waals surface area contributed by atoms with Gasteiger partial charge < -0.3 is 14.2 Å². The number of carbonyl (C=O) groups excluding carboxylic acids is 1. The first-order valence-electron chi connectivity index (χ1n) is 4.87. The Kier molecular flexibility index (Phi) is 1.73. The quantitative estimate of drug-likeness (QED) is 0.378. The molecule has 0 saturated carbocycles. The lowest BCUT2D eigenvalue weighted by molar-refractivity contribution is -0.250. The van der Waals surface area contributed by atoms with Crippen LogP contribution in [0.3, 0.4) is 0 Å². The fourth-order valence-corrected chi connectivity index (χ4v) is 3.08. The van der Waals surface area contributed by atoms with E-state index in [9.17, 15) is 4.79 Å². The van der Waals surface area contributed by atoms with Gasteiger partial charge in [0.05, 0.1) is 4.83 Å². The molecular weight excluding hydrogens is 264 g/mol. The third kappa shape index (κ3) is 1.06. The molecule has 0 aromatic carbocycles. The molecular formula is C10H11BrO4. The highest BCUT2D eigenvalue weighted by atomic mass is 79.9. The van der Waals surface area contributed by atoms with Crippen LogP contribution in [-0.2, 0) is 19.0 Å². The van der Waals surface area contributed by atoms with Gasteiger partial charge in [0.25, 0.3) is 0 Å². The summed E-state index contributed by atoms with van der Waals surface area (Å²) in [7, 11) is 0. The monoisotopic (exact) mass is 274 g/mol. The third-order valence-electron chi connectivity index (χ3n) is 2.98. The number of hydrogen-bond acceptors (Lipinski definition) is 4. The number of alkyl halides is 1. The van der Waals surface area contributed by atoms with E-state index in [1.807, 2.05) is 12.2 Å². The fourth-order valence-electron chi connectivity index (χ4n) is 2.40. The average Bonchev–Trinajstić information content (AvgIpc) is 2.44. The number of rotatable bonds is 0. The van der Waals surface area contributed by atoms with Gasteiger partial charge in [0.2, 0.25) is 5.60 Å². The summed E-state index contributed by atoms with van der Waals surface area (Å²) in [6, 6.07) is 0. The summed E-state index contributed by atoms with van der Waals surface area (Å²) >= 11 is 3.44. The van der Waals surface area contributed by atoms with Crippen LogP contribution >= 0.6 is 15.9 Å². The van der Waals surface area contributed by atoms with Crippen molar-refractivity contribution in [1.29, 1.82) is 0 Å². The first-order valence-corrected chi connectivity index (χ1v) is 5.79. The van der Waals surface area contributed by atoms with Gasteiger partial charge in [-0.1, -0.05) is 28.1 Å². The van der Waals surface area contributed by atoms with E-state index in [4.69, 9.17) is 14.2 Å². The van der Waals surface area contributed by atoms with Crippen molar-refractivity contribution in [2.45, 2.75) is 42.3 Å². The lowest BCUT2D eigenvalue weighted by atomic mass is 9.79. The Morgan fingerprint density at radius 2 is 2.13 bits per heavy atom. The summed E-state index contributed by atoms with van der Waals surface area (Å²) in [4.78, 5) is 11.6. The Morgan fingerprint density at radius 1 is 1.40 bits per heavy atom. The molecule has 2 heterocycles. The van der Waals surface area contributed by atoms with Crippen LogP contribution in [-0.4, -0.2) is 34.4 Å². The van der Waals surface area contributed by atoms with Crippen molar-refractivity contribution in [2.24, 2.45) is 0 Å². The van der Waals surface area contributed by atoms with Crippen molar-refractivity contribution >= 4 is 21.9 Å². The Balaban J connectivity index is 2.05. The molecule has 2 fully saturated rings. The standard InChI is InChI=1S/C10H11BrO4/c1-9(2)14-6-4-3-5(11)7-10(6,15-9)8(12)13-7/h3-7H,1-2H3/t5-,6-,7-,10-/m1/s1. The van der Waals surface area contributed by atoms with Crippen molar-refractivity contribution in [3.8, 4) is 0 Å². The van der Waals surface area contributed by atoms with E-state index in [1.54, 1.807) is 13.8 Å². The number of esters is 1. The zero-order valence-electron chi connectivity index (χ0n) is 8.40. The van der Waals surface area contributed by atoms with Crippen LogP contribution in [0.1, 0.15) is 13.8 Å². The molecule has 15 heavy (non-hydrogen) atoms. The topological polar surface area (TPSA) is 44.8 Å². The van der Waals surface area contributed by atoms with Crippen LogP contribution in [0.25, 0.3) is 0 Å². The molecule has 0 aromatic heterocycles. The smallest absolute Gasteiger partial charge is 0.346 e. The molecule has 0 radical (unpaired) electrons. The molecule has 1 spiro atoms. The zero-order valence-corrected chi connectivity index (χ0v) is 9.98. The van der Waals surface area contributed by atoms with Gasteiger partial charge in [0, 0.05) is 0 Å². The molecule has 0 N–H and O–H groups in total. The average molecular weight is 275 g/mol. The van der Waals surface area contributed by atoms with Crippen molar-refractivity contribution < 1.29 is 19.0 Å². The maximum Gasteiger partial charge on any atom is 0.346 e. The Morgan fingerprint density at radius 3 is 2.80 bits per heavy atom. The minimum Gasteiger partial charge on any atom is -0.455 e. The van der Waals surface area contributed by atoms with Crippen LogP contribution < -0.4 is 0 Å². The zero-order chi connectivity index (χ0) is 10.8. The van der Waals surface area contributed by atoms with E-state index in [0.29, 0.717) is 0 Å². The van der Waals surface area contributed by atoms with Gasteiger partial charge in [-0.15, -0.1) is 0 Å². The first kappa shape index (κ1) is 9.81. The molecule has 0 unspecified atom stereocenters. The second-order valence-electron chi connectivity index (χ2n) is 4.49. The van der Waals surface area contributed by atoms with Gasteiger partial charge in [-0.25, -0.2) is 4.79 Å². The van der Waals surface area contributed by atoms with Crippen molar-refractivity contribution in [3.05, 3.63) is 12.2 Å². The third-order valence-corrected chi connectivity index (χ3v) is 3.77. The van der Waals surface area contributed by atoms with Crippen molar-refractivity contribution in [3.63, 3.8) is 0 Å². The minimum atomic E-state index is -0.924. The molecule has 0 bridgehead atoms. The number of ether oxygens (including phenoxy) is 3. The number of halogens is 1. The van der Waals surface area contributed by atoms with Gasteiger partial charge in [0.1, 0.15) is 6.10 Å². The lowest BCUT2D eigenvalue weighted by Gasteiger charge is -2.48. The van der Waals surface area contributed by atoms with Crippen LogP contribution in [0.15, 0.2) is 12.2 Å². The molecule has 3 aliphatic rings. The molecule has 4 nitrogen and oxygen atoms in total. The molecule has 0 aromatic rings. The molecule has 2 saturated heterocycles. The minimum absolute atomic E-state index is 0.00366. The summed E-state index contributed by atoms with van der Waals surface area (Å²) in [6.45, 7) is 3.61. The van der Waals surface area contributed by atoms with E-state index in [0.717, 1.165) is 0 Å². The number of hydrogen-bond donors (Lipinski definition) is 0. The highest BCUT2D eigenvalue weighted by molar-refractivity contribution is 9.09. The molecule has 4 atom stereocenters. The highest BCUT2D eigenvalue weighted by Gasteiger charge is 2.73. The molecule has 1 aliphatic carbocycles. The van der Waals surface area contributed by atoms with Crippen LogP contribution in [0.4, 0.5) is 0 Å². The Labute approximate surface area is 95.7 Å². The van der Waals surface area contributed by atoms with Crippen LogP contribution in [0, 0.1) is 0 Å². The molecule has 5 heteroatoms. The van der Waals surface area contributed by atoms with Crippen molar-refractivity contribution in [2.75, 3.05) is 0 Å². The second-order valence-corrected chi connectivity index (χ2v) is 5.55. The Bertz CT molecular complexity index is 364. The van der Waals surface area contributed by atoms with Gasteiger partial charge >= 0.3 is 5.97 Å². The summed E-state index contributed by atoms with van der Waals surface area (Å²) in [5.41, 5.74) is -0.924. The molecule has 0 amide bonds. The van der Waals surface area contributed by atoms with E-state index in [2.05, 4.69) is 15.9 Å². The SMILES string of the molecule is CC1(C)O[C@@H]2C=C[C@@H](Br)[C@H]3OC(=O)[C@]32O1. The maximum atomic E-state index is 11.6. The molecule has 2 aliphatic heterocycles. The van der Waals surface area contributed by atoms with E-state index in [-0.39, 0.29) is 23.0 Å². The van der Waals surface area contributed by atoms with Gasteiger partial charge in [-0.05, 0) is 13.8 Å². The summed E-state index contributed by atoms with van der Waals surface area (Å²) in [6.07, 6.45) is 3.20. The normalized spacial score (nSPS) is 50.3. The molecule has 82 valence electrons. The predicted molar refractivity (Wildman–Crippen MR) is 54.5 cm³/mol. The van der Waals surface area contributed by atoms with E-state index in [1.165, 1.54) is 0 Å².